The second-order valence-electron chi connectivity index (χ2n) is 5.75. The van der Waals surface area contributed by atoms with Crippen LogP contribution in [0.3, 0.4) is 0 Å². The van der Waals surface area contributed by atoms with Crippen molar-refractivity contribution in [1.29, 1.82) is 0 Å². The van der Waals surface area contributed by atoms with Gasteiger partial charge in [-0.25, -0.2) is 0 Å². The molecule has 1 aliphatic heterocycles. The Morgan fingerprint density at radius 2 is 2.15 bits per heavy atom. The molecule has 110 valence electrons. The fourth-order valence-electron chi connectivity index (χ4n) is 2.83. The Morgan fingerprint density at radius 1 is 1.35 bits per heavy atom. The molecule has 0 radical (unpaired) electrons. The number of amides is 1. The molecule has 1 heterocycles. The van der Waals surface area contributed by atoms with E-state index < -0.39 is 0 Å². The van der Waals surface area contributed by atoms with E-state index in [-0.39, 0.29) is 11.9 Å². The van der Waals surface area contributed by atoms with Gasteiger partial charge in [0.1, 0.15) is 0 Å². The van der Waals surface area contributed by atoms with Crippen molar-refractivity contribution < 1.29 is 4.79 Å². The third-order valence-corrected chi connectivity index (χ3v) is 4.05. The highest BCUT2D eigenvalue weighted by molar-refractivity contribution is 5.76. The zero-order chi connectivity index (χ0) is 14.2. The van der Waals surface area contributed by atoms with Crippen LogP contribution in [0.5, 0.6) is 0 Å². The zero-order valence-electron chi connectivity index (χ0n) is 12.4. The molecule has 1 saturated heterocycles. The Bertz CT molecular complexity index is 399. The highest BCUT2D eigenvalue weighted by atomic mass is 16.1. The summed E-state index contributed by atoms with van der Waals surface area (Å²) in [5.41, 5.74) is 1.31. The molecular weight excluding hydrogens is 248 g/mol. The number of carbonyl (C=O) groups excluding carboxylic acids is 1. The SMILES string of the molecule is CC(NC(=O)CCCc1ccccc1)C1CCCCN1. The van der Waals surface area contributed by atoms with E-state index in [1.165, 1.54) is 24.8 Å². The minimum Gasteiger partial charge on any atom is -0.352 e. The van der Waals surface area contributed by atoms with E-state index in [0.717, 1.165) is 19.4 Å². The fraction of sp³-hybridized carbons (Fsp3) is 0.588. The van der Waals surface area contributed by atoms with Crippen molar-refractivity contribution >= 4 is 5.91 Å². The first-order chi connectivity index (χ1) is 9.75. The van der Waals surface area contributed by atoms with Gasteiger partial charge in [-0.2, -0.15) is 0 Å². The molecule has 2 N–H and O–H groups in total. The van der Waals surface area contributed by atoms with Gasteiger partial charge in [0.15, 0.2) is 0 Å². The van der Waals surface area contributed by atoms with Gasteiger partial charge in [0, 0.05) is 18.5 Å². The van der Waals surface area contributed by atoms with Crippen LogP contribution < -0.4 is 10.6 Å². The van der Waals surface area contributed by atoms with E-state index in [0.29, 0.717) is 12.5 Å². The van der Waals surface area contributed by atoms with E-state index in [1.807, 2.05) is 18.2 Å². The fourth-order valence-corrected chi connectivity index (χ4v) is 2.83. The molecule has 2 unspecified atom stereocenters. The first kappa shape index (κ1) is 15.0. The monoisotopic (exact) mass is 274 g/mol. The van der Waals surface area contributed by atoms with Crippen molar-refractivity contribution in [2.24, 2.45) is 0 Å². The molecule has 1 amide bonds. The molecule has 2 atom stereocenters. The van der Waals surface area contributed by atoms with Crippen molar-refractivity contribution in [2.45, 2.75) is 57.5 Å². The lowest BCUT2D eigenvalue weighted by Crippen LogP contribution is -2.50. The number of rotatable bonds is 6. The number of hydrogen-bond donors (Lipinski definition) is 2. The van der Waals surface area contributed by atoms with Crippen LogP contribution in [0, 0.1) is 0 Å². The molecule has 20 heavy (non-hydrogen) atoms. The maximum absolute atomic E-state index is 11.9. The molecule has 0 aliphatic carbocycles. The quantitative estimate of drug-likeness (QED) is 0.837. The molecule has 3 nitrogen and oxygen atoms in total. The summed E-state index contributed by atoms with van der Waals surface area (Å²) in [7, 11) is 0. The summed E-state index contributed by atoms with van der Waals surface area (Å²) in [5.74, 6) is 0.181. The molecule has 0 bridgehead atoms. The molecule has 0 aromatic heterocycles. The average molecular weight is 274 g/mol. The minimum atomic E-state index is 0.181. The van der Waals surface area contributed by atoms with Gasteiger partial charge in [-0.3, -0.25) is 4.79 Å². The first-order valence-corrected chi connectivity index (χ1v) is 7.82. The third kappa shape index (κ3) is 4.97. The van der Waals surface area contributed by atoms with E-state index in [4.69, 9.17) is 0 Å². The maximum Gasteiger partial charge on any atom is 0.220 e. The van der Waals surface area contributed by atoms with Gasteiger partial charge in [-0.05, 0) is 44.7 Å². The second-order valence-corrected chi connectivity index (χ2v) is 5.75. The molecule has 1 aromatic rings. The average Bonchev–Trinajstić information content (AvgIpc) is 2.49. The number of carbonyl (C=O) groups is 1. The lowest BCUT2D eigenvalue weighted by molar-refractivity contribution is -0.122. The lowest BCUT2D eigenvalue weighted by atomic mass is 9.99. The van der Waals surface area contributed by atoms with Crippen molar-refractivity contribution in [2.75, 3.05) is 6.54 Å². The maximum atomic E-state index is 11.9. The van der Waals surface area contributed by atoms with Crippen LogP contribution in [0.15, 0.2) is 30.3 Å². The van der Waals surface area contributed by atoms with E-state index >= 15 is 0 Å². The molecular formula is C17H26N2O. The van der Waals surface area contributed by atoms with Crippen LogP contribution in [0.4, 0.5) is 0 Å². The van der Waals surface area contributed by atoms with Gasteiger partial charge in [0.05, 0.1) is 0 Å². The van der Waals surface area contributed by atoms with E-state index in [1.54, 1.807) is 0 Å². The van der Waals surface area contributed by atoms with Crippen molar-refractivity contribution in [3.63, 3.8) is 0 Å². The summed E-state index contributed by atoms with van der Waals surface area (Å²) in [6.45, 7) is 3.19. The number of piperidine rings is 1. The van der Waals surface area contributed by atoms with Gasteiger partial charge >= 0.3 is 0 Å². The highest BCUT2D eigenvalue weighted by Crippen LogP contribution is 2.11. The van der Waals surface area contributed by atoms with E-state index in [2.05, 4.69) is 29.7 Å². The standard InChI is InChI=1S/C17H26N2O/c1-14(16-11-5-6-13-18-16)19-17(20)12-7-10-15-8-3-2-4-9-15/h2-4,8-9,14,16,18H,5-7,10-13H2,1H3,(H,19,20). The van der Waals surface area contributed by atoms with Crippen molar-refractivity contribution in [3.05, 3.63) is 35.9 Å². The van der Waals surface area contributed by atoms with Crippen LogP contribution in [0.1, 0.15) is 44.6 Å². The molecule has 3 heteroatoms. The molecule has 2 rings (SSSR count). The minimum absolute atomic E-state index is 0.181. The summed E-state index contributed by atoms with van der Waals surface area (Å²) < 4.78 is 0. The Labute approximate surface area is 122 Å². The summed E-state index contributed by atoms with van der Waals surface area (Å²) in [5, 5.41) is 6.63. The van der Waals surface area contributed by atoms with Crippen molar-refractivity contribution in [3.8, 4) is 0 Å². The normalized spacial score (nSPS) is 20.4. The van der Waals surface area contributed by atoms with Gasteiger partial charge in [-0.15, -0.1) is 0 Å². The Morgan fingerprint density at radius 3 is 2.85 bits per heavy atom. The highest BCUT2D eigenvalue weighted by Gasteiger charge is 2.20. The molecule has 0 saturated carbocycles. The predicted octanol–water partition coefficient (Wildman–Crippen LogP) is 2.66. The summed E-state index contributed by atoms with van der Waals surface area (Å²) >= 11 is 0. The Kier molecular flexibility index (Phi) is 6.06. The topological polar surface area (TPSA) is 41.1 Å². The van der Waals surface area contributed by atoms with Crippen LogP contribution in [0.25, 0.3) is 0 Å². The Hall–Kier alpha value is -1.35. The van der Waals surface area contributed by atoms with Gasteiger partial charge in [0.2, 0.25) is 5.91 Å². The summed E-state index contributed by atoms with van der Waals surface area (Å²) in [4.78, 5) is 11.9. The van der Waals surface area contributed by atoms with Crippen LogP contribution in [-0.4, -0.2) is 24.5 Å². The lowest BCUT2D eigenvalue weighted by Gasteiger charge is -2.29. The largest absolute Gasteiger partial charge is 0.352 e. The van der Waals surface area contributed by atoms with E-state index in [9.17, 15) is 4.79 Å². The Balaban J connectivity index is 1.64. The summed E-state index contributed by atoms with van der Waals surface area (Å²) in [6, 6.07) is 11.0. The number of nitrogens with one attached hydrogen (secondary N) is 2. The first-order valence-electron chi connectivity index (χ1n) is 7.82. The second kappa shape index (κ2) is 8.05. The number of hydrogen-bond acceptors (Lipinski definition) is 2. The zero-order valence-corrected chi connectivity index (χ0v) is 12.4. The third-order valence-electron chi connectivity index (χ3n) is 4.05. The molecule has 0 spiro atoms. The van der Waals surface area contributed by atoms with Crippen LogP contribution >= 0.6 is 0 Å². The summed E-state index contributed by atoms with van der Waals surface area (Å²) in [6.07, 6.45) is 6.21. The van der Waals surface area contributed by atoms with Crippen LogP contribution in [-0.2, 0) is 11.2 Å². The molecule has 1 fully saturated rings. The van der Waals surface area contributed by atoms with Crippen LogP contribution in [0.2, 0.25) is 0 Å². The number of benzene rings is 1. The molecule has 1 aromatic carbocycles. The number of aryl methyl sites for hydroxylation is 1. The van der Waals surface area contributed by atoms with Crippen molar-refractivity contribution in [1.82, 2.24) is 10.6 Å². The van der Waals surface area contributed by atoms with Gasteiger partial charge in [-0.1, -0.05) is 36.8 Å². The molecule has 1 aliphatic rings. The smallest absolute Gasteiger partial charge is 0.220 e. The van der Waals surface area contributed by atoms with Gasteiger partial charge < -0.3 is 10.6 Å². The van der Waals surface area contributed by atoms with Gasteiger partial charge in [0.25, 0.3) is 0 Å². The predicted molar refractivity (Wildman–Crippen MR) is 82.6 cm³/mol.